The lowest BCUT2D eigenvalue weighted by molar-refractivity contribution is -0.134. The van der Waals surface area contributed by atoms with E-state index in [1.54, 1.807) is 12.1 Å². The number of piperidine rings is 1. The van der Waals surface area contributed by atoms with Gasteiger partial charge in [0.25, 0.3) is 0 Å². The Morgan fingerprint density at radius 3 is 2.61 bits per heavy atom. The molecule has 3 rings (SSSR count). The molecular weight excluding hydrogens is 290 g/mol. The van der Waals surface area contributed by atoms with E-state index in [0.29, 0.717) is 25.2 Å². The van der Waals surface area contributed by atoms with Gasteiger partial charge in [-0.2, -0.15) is 0 Å². The van der Waals surface area contributed by atoms with Gasteiger partial charge in [-0.25, -0.2) is 0 Å². The molecule has 2 N–H and O–H groups in total. The fourth-order valence-corrected chi connectivity index (χ4v) is 3.34. The van der Waals surface area contributed by atoms with Crippen LogP contribution in [0.5, 0.6) is 5.75 Å². The number of likely N-dealkylation sites (N-methyl/N-ethyl adjacent to an activating group) is 1. The SMILES string of the molecule is CN(CC(=O)N(Cc1cccc(O)c1)C1CC1)C1CCNCC1. The molecule has 2 fully saturated rings. The Kier molecular flexibility index (Phi) is 5.18. The molecule has 1 aliphatic heterocycles. The van der Waals surface area contributed by atoms with Crippen molar-refractivity contribution in [1.29, 1.82) is 0 Å². The Hall–Kier alpha value is -1.59. The zero-order valence-electron chi connectivity index (χ0n) is 13.9. The van der Waals surface area contributed by atoms with E-state index in [1.807, 2.05) is 17.0 Å². The van der Waals surface area contributed by atoms with E-state index < -0.39 is 0 Å². The van der Waals surface area contributed by atoms with Crippen LogP contribution in [0.2, 0.25) is 0 Å². The number of hydrogen-bond acceptors (Lipinski definition) is 4. The van der Waals surface area contributed by atoms with E-state index in [2.05, 4.69) is 17.3 Å². The first-order valence-corrected chi connectivity index (χ1v) is 8.62. The zero-order valence-corrected chi connectivity index (χ0v) is 13.9. The molecule has 0 unspecified atom stereocenters. The van der Waals surface area contributed by atoms with Gasteiger partial charge in [0, 0.05) is 18.6 Å². The summed E-state index contributed by atoms with van der Waals surface area (Å²) in [6, 6.07) is 8.10. The van der Waals surface area contributed by atoms with E-state index in [-0.39, 0.29) is 11.7 Å². The summed E-state index contributed by atoms with van der Waals surface area (Å²) in [6.45, 7) is 3.16. The molecule has 2 aliphatic rings. The van der Waals surface area contributed by atoms with Crippen LogP contribution < -0.4 is 5.32 Å². The smallest absolute Gasteiger partial charge is 0.237 e. The number of rotatable bonds is 6. The molecule has 5 heteroatoms. The fraction of sp³-hybridized carbons (Fsp3) is 0.611. The first-order chi connectivity index (χ1) is 11.1. The largest absolute Gasteiger partial charge is 0.508 e. The maximum atomic E-state index is 12.8. The molecule has 1 aliphatic carbocycles. The third-order valence-corrected chi connectivity index (χ3v) is 4.89. The second kappa shape index (κ2) is 7.32. The zero-order chi connectivity index (χ0) is 16.2. The maximum absolute atomic E-state index is 12.8. The van der Waals surface area contributed by atoms with Gasteiger partial charge in [0.1, 0.15) is 5.75 Å². The minimum Gasteiger partial charge on any atom is -0.508 e. The molecule has 0 spiro atoms. The van der Waals surface area contributed by atoms with Gasteiger partial charge in [0.2, 0.25) is 5.91 Å². The van der Waals surface area contributed by atoms with Crippen LogP contribution in [0, 0.1) is 0 Å². The van der Waals surface area contributed by atoms with Crippen molar-refractivity contribution in [2.45, 2.75) is 44.3 Å². The number of hydrogen-bond donors (Lipinski definition) is 2. The van der Waals surface area contributed by atoms with Crippen molar-refractivity contribution in [2.24, 2.45) is 0 Å². The number of nitrogens with zero attached hydrogens (tertiary/aromatic N) is 2. The highest BCUT2D eigenvalue weighted by atomic mass is 16.3. The van der Waals surface area contributed by atoms with Crippen molar-refractivity contribution in [3.8, 4) is 5.75 Å². The number of nitrogens with one attached hydrogen (secondary N) is 1. The van der Waals surface area contributed by atoms with Crippen LogP contribution in [0.3, 0.4) is 0 Å². The Balaban J connectivity index is 1.60. The minimum absolute atomic E-state index is 0.205. The topological polar surface area (TPSA) is 55.8 Å². The Bertz CT molecular complexity index is 539. The number of phenolic OH excluding ortho intramolecular Hbond substituents is 1. The number of carbonyl (C=O) groups is 1. The Morgan fingerprint density at radius 1 is 1.22 bits per heavy atom. The lowest BCUT2D eigenvalue weighted by Gasteiger charge is -2.33. The highest BCUT2D eigenvalue weighted by molar-refractivity contribution is 5.79. The third-order valence-electron chi connectivity index (χ3n) is 4.89. The number of aromatic hydroxyl groups is 1. The summed E-state index contributed by atoms with van der Waals surface area (Å²) in [5, 5.41) is 13.0. The van der Waals surface area contributed by atoms with Gasteiger partial charge in [0.15, 0.2) is 0 Å². The summed E-state index contributed by atoms with van der Waals surface area (Å²) in [5.74, 6) is 0.467. The molecule has 1 saturated heterocycles. The van der Waals surface area contributed by atoms with E-state index in [0.717, 1.165) is 44.3 Å². The molecule has 0 atom stereocenters. The van der Waals surface area contributed by atoms with Crippen molar-refractivity contribution in [1.82, 2.24) is 15.1 Å². The Morgan fingerprint density at radius 2 is 1.96 bits per heavy atom. The lowest BCUT2D eigenvalue weighted by Crippen LogP contribution is -2.46. The monoisotopic (exact) mass is 317 g/mol. The average Bonchev–Trinajstić information content (AvgIpc) is 3.38. The van der Waals surface area contributed by atoms with Crippen LogP contribution in [0.25, 0.3) is 0 Å². The third kappa shape index (κ3) is 4.45. The van der Waals surface area contributed by atoms with E-state index in [9.17, 15) is 9.90 Å². The van der Waals surface area contributed by atoms with Gasteiger partial charge in [-0.1, -0.05) is 12.1 Å². The van der Waals surface area contributed by atoms with Gasteiger partial charge in [0.05, 0.1) is 6.54 Å². The molecular formula is C18H27N3O2. The predicted octanol–water partition coefficient (Wildman–Crippen LogP) is 1.57. The lowest BCUT2D eigenvalue weighted by atomic mass is 10.1. The maximum Gasteiger partial charge on any atom is 0.237 e. The molecule has 0 aromatic heterocycles. The fourth-order valence-electron chi connectivity index (χ4n) is 3.34. The Labute approximate surface area is 138 Å². The van der Waals surface area contributed by atoms with Gasteiger partial charge >= 0.3 is 0 Å². The van der Waals surface area contributed by atoms with Crippen LogP contribution in [0.4, 0.5) is 0 Å². The molecule has 1 amide bonds. The number of phenols is 1. The molecule has 126 valence electrons. The quantitative estimate of drug-likeness (QED) is 0.836. The van der Waals surface area contributed by atoms with E-state index >= 15 is 0 Å². The molecule has 23 heavy (non-hydrogen) atoms. The second-order valence-corrected chi connectivity index (χ2v) is 6.82. The minimum atomic E-state index is 0.205. The standard InChI is InChI=1S/C18H27N3O2/c1-20(15-7-9-19-10-8-15)13-18(23)21(16-5-6-16)12-14-3-2-4-17(22)11-14/h2-4,11,15-16,19,22H,5-10,12-13H2,1H3. The number of carbonyl (C=O) groups excluding carboxylic acids is 1. The van der Waals surface area contributed by atoms with Crippen LogP contribution >= 0.6 is 0 Å². The molecule has 1 aromatic rings. The van der Waals surface area contributed by atoms with E-state index in [4.69, 9.17) is 0 Å². The van der Waals surface area contributed by atoms with Crippen molar-refractivity contribution in [3.63, 3.8) is 0 Å². The second-order valence-electron chi connectivity index (χ2n) is 6.82. The summed E-state index contributed by atoms with van der Waals surface area (Å²) in [6.07, 6.45) is 4.42. The van der Waals surface area contributed by atoms with Gasteiger partial charge in [-0.3, -0.25) is 9.69 Å². The molecule has 5 nitrogen and oxygen atoms in total. The van der Waals surface area contributed by atoms with Crippen molar-refractivity contribution in [2.75, 3.05) is 26.7 Å². The molecule has 1 heterocycles. The van der Waals surface area contributed by atoms with Crippen molar-refractivity contribution >= 4 is 5.91 Å². The number of amides is 1. The van der Waals surface area contributed by atoms with Crippen molar-refractivity contribution < 1.29 is 9.90 Å². The highest BCUT2D eigenvalue weighted by Gasteiger charge is 2.33. The van der Waals surface area contributed by atoms with Crippen LogP contribution in [0.15, 0.2) is 24.3 Å². The summed E-state index contributed by atoms with van der Waals surface area (Å²) < 4.78 is 0. The summed E-state index contributed by atoms with van der Waals surface area (Å²) in [7, 11) is 2.06. The van der Waals surface area contributed by atoms with Crippen molar-refractivity contribution in [3.05, 3.63) is 29.8 Å². The van der Waals surface area contributed by atoms with Crippen LogP contribution in [-0.4, -0.2) is 59.6 Å². The van der Waals surface area contributed by atoms with Crippen LogP contribution in [-0.2, 0) is 11.3 Å². The summed E-state index contributed by atoms with van der Waals surface area (Å²) in [5.41, 5.74) is 0.995. The molecule has 0 radical (unpaired) electrons. The number of benzene rings is 1. The van der Waals surface area contributed by atoms with Gasteiger partial charge < -0.3 is 15.3 Å². The normalized spacial score (nSPS) is 19.0. The first-order valence-electron chi connectivity index (χ1n) is 8.62. The van der Waals surface area contributed by atoms with Crippen LogP contribution in [0.1, 0.15) is 31.2 Å². The van der Waals surface area contributed by atoms with E-state index in [1.165, 1.54) is 0 Å². The molecule has 0 bridgehead atoms. The molecule has 1 saturated carbocycles. The predicted molar refractivity (Wildman–Crippen MR) is 90.2 cm³/mol. The summed E-state index contributed by atoms with van der Waals surface area (Å²) in [4.78, 5) is 17.0. The first kappa shape index (κ1) is 16.3. The summed E-state index contributed by atoms with van der Waals surface area (Å²) >= 11 is 0. The highest BCUT2D eigenvalue weighted by Crippen LogP contribution is 2.29. The molecule has 1 aromatic carbocycles. The van der Waals surface area contributed by atoms with Gasteiger partial charge in [-0.15, -0.1) is 0 Å². The van der Waals surface area contributed by atoms with Gasteiger partial charge in [-0.05, 0) is 63.5 Å². The average molecular weight is 317 g/mol.